The molecule has 0 aliphatic carbocycles. The molecule has 0 radical (unpaired) electrons. The predicted molar refractivity (Wildman–Crippen MR) is 83.7 cm³/mol. The molecule has 110 valence electrons. The molecule has 3 rings (SSSR count). The van der Waals surface area contributed by atoms with E-state index >= 15 is 0 Å². The van der Waals surface area contributed by atoms with Gasteiger partial charge in [0.25, 0.3) is 11.7 Å². The number of pyridine rings is 1. The summed E-state index contributed by atoms with van der Waals surface area (Å²) in [6.07, 6.45) is 1.55. The number of rotatable bonds is 3. The highest BCUT2D eigenvalue weighted by Gasteiger charge is 2.36. The van der Waals surface area contributed by atoms with Crippen molar-refractivity contribution in [2.75, 3.05) is 16.8 Å². The van der Waals surface area contributed by atoms with Gasteiger partial charge in [0, 0.05) is 10.7 Å². The van der Waals surface area contributed by atoms with Gasteiger partial charge in [-0.15, -0.1) is 0 Å². The van der Waals surface area contributed by atoms with Crippen LogP contribution in [0.1, 0.15) is 10.4 Å². The minimum atomic E-state index is -0.704. The molecule has 0 saturated heterocycles. The van der Waals surface area contributed by atoms with Crippen LogP contribution in [0.3, 0.4) is 0 Å². The van der Waals surface area contributed by atoms with Crippen molar-refractivity contribution in [3.05, 3.63) is 52.6 Å². The number of fused-ring (bicyclic) bond motifs is 1. The summed E-state index contributed by atoms with van der Waals surface area (Å²) in [6, 6.07) is 10.0. The number of amides is 2. The average molecular weight is 360 g/mol. The molecule has 1 aromatic carbocycles. The third-order valence-electron chi connectivity index (χ3n) is 3.17. The van der Waals surface area contributed by atoms with Gasteiger partial charge in [0.1, 0.15) is 12.4 Å². The Morgan fingerprint density at radius 3 is 2.77 bits per heavy atom. The third-order valence-corrected chi connectivity index (χ3v) is 3.66. The van der Waals surface area contributed by atoms with Crippen LogP contribution in [0.4, 0.5) is 11.5 Å². The second-order valence-corrected chi connectivity index (χ2v) is 5.56. The van der Waals surface area contributed by atoms with Crippen molar-refractivity contribution in [3.8, 4) is 0 Å². The number of nitrogens with zero attached hydrogens (tertiary/aromatic N) is 2. The maximum atomic E-state index is 12.0. The van der Waals surface area contributed by atoms with E-state index in [-0.39, 0.29) is 6.54 Å². The lowest BCUT2D eigenvalue weighted by atomic mass is 10.1. The second-order valence-electron chi connectivity index (χ2n) is 4.65. The summed E-state index contributed by atoms with van der Waals surface area (Å²) in [5.41, 5.74) is 0.736. The van der Waals surface area contributed by atoms with Gasteiger partial charge in [-0.2, -0.15) is 0 Å². The first kappa shape index (κ1) is 14.4. The molecular formula is C15H10BrN3O3. The molecule has 0 fully saturated rings. The number of halogens is 1. The number of benzene rings is 1. The highest BCUT2D eigenvalue weighted by Crippen LogP contribution is 2.31. The summed E-state index contributed by atoms with van der Waals surface area (Å²) in [4.78, 5) is 41.1. The molecular weight excluding hydrogens is 350 g/mol. The van der Waals surface area contributed by atoms with E-state index in [2.05, 4.69) is 26.2 Å². The Bertz CT molecular complexity index is 777. The standard InChI is InChI=1S/C15H10BrN3O3/c16-9-4-5-11-10(7-9)14(21)15(22)19(11)8-13(20)18-12-3-1-2-6-17-12/h1-7H,8H2,(H,17,18,20). The summed E-state index contributed by atoms with van der Waals surface area (Å²) in [7, 11) is 0. The Kier molecular flexibility index (Phi) is 3.72. The third kappa shape index (κ3) is 2.62. The van der Waals surface area contributed by atoms with E-state index in [4.69, 9.17) is 0 Å². The fourth-order valence-electron chi connectivity index (χ4n) is 2.19. The van der Waals surface area contributed by atoms with Gasteiger partial charge in [0.2, 0.25) is 5.91 Å². The number of anilines is 2. The van der Waals surface area contributed by atoms with Crippen LogP contribution in [-0.4, -0.2) is 29.1 Å². The van der Waals surface area contributed by atoms with Gasteiger partial charge in [-0.3, -0.25) is 19.3 Å². The fourth-order valence-corrected chi connectivity index (χ4v) is 2.55. The molecule has 1 N–H and O–H groups in total. The fraction of sp³-hybridized carbons (Fsp3) is 0.0667. The van der Waals surface area contributed by atoms with Gasteiger partial charge in [-0.05, 0) is 30.3 Å². The maximum Gasteiger partial charge on any atom is 0.299 e. The zero-order valence-electron chi connectivity index (χ0n) is 11.2. The maximum absolute atomic E-state index is 12.0. The summed E-state index contributed by atoms with van der Waals surface area (Å²) >= 11 is 3.26. The van der Waals surface area contributed by atoms with Crippen molar-refractivity contribution < 1.29 is 14.4 Å². The number of aromatic nitrogens is 1. The minimum absolute atomic E-state index is 0.240. The van der Waals surface area contributed by atoms with Crippen molar-refractivity contribution in [2.45, 2.75) is 0 Å². The summed E-state index contributed by atoms with van der Waals surface area (Å²) in [5.74, 6) is -1.34. The van der Waals surface area contributed by atoms with Gasteiger partial charge >= 0.3 is 0 Å². The normalized spacial score (nSPS) is 13.2. The van der Waals surface area contributed by atoms with E-state index in [1.165, 1.54) is 4.90 Å². The summed E-state index contributed by atoms with van der Waals surface area (Å²) in [5, 5.41) is 2.58. The molecule has 6 nitrogen and oxygen atoms in total. The van der Waals surface area contributed by atoms with E-state index in [1.807, 2.05) is 0 Å². The van der Waals surface area contributed by atoms with Crippen molar-refractivity contribution in [2.24, 2.45) is 0 Å². The van der Waals surface area contributed by atoms with Crippen LogP contribution in [0.15, 0.2) is 47.1 Å². The molecule has 7 heteroatoms. The van der Waals surface area contributed by atoms with Crippen molar-refractivity contribution >= 4 is 45.0 Å². The molecule has 22 heavy (non-hydrogen) atoms. The van der Waals surface area contributed by atoms with E-state index in [0.29, 0.717) is 21.5 Å². The number of carbonyl (C=O) groups is 3. The van der Waals surface area contributed by atoms with Crippen molar-refractivity contribution in [3.63, 3.8) is 0 Å². The van der Waals surface area contributed by atoms with Crippen LogP contribution in [0.25, 0.3) is 0 Å². The Labute approximate surface area is 134 Å². The lowest BCUT2D eigenvalue weighted by Gasteiger charge is -2.15. The largest absolute Gasteiger partial charge is 0.309 e. The Hall–Kier alpha value is -2.54. The van der Waals surface area contributed by atoms with E-state index < -0.39 is 17.6 Å². The topological polar surface area (TPSA) is 79.4 Å². The smallest absolute Gasteiger partial charge is 0.299 e. The zero-order chi connectivity index (χ0) is 15.7. The molecule has 0 spiro atoms. The van der Waals surface area contributed by atoms with Gasteiger partial charge < -0.3 is 5.32 Å². The number of carbonyl (C=O) groups excluding carboxylic acids is 3. The quantitative estimate of drug-likeness (QED) is 0.850. The first-order valence-electron chi connectivity index (χ1n) is 6.43. The lowest BCUT2D eigenvalue weighted by molar-refractivity contribution is -0.118. The lowest BCUT2D eigenvalue weighted by Crippen LogP contribution is -2.37. The molecule has 1 aliphatic rings. The van der Waals surface area contributed by atoms with Gasteiger partial charge in [-0.1, -0.05) is 22.0 Å². The highest BCUT2D eigenvalue weighted by molar-refractivity contribution is 9.10. The predicted octanol–water partition coefficient (Wildman–Crippen LogP) is 2.01. The number of hydrogen-bond donors (Lipinski definition) is 1. The van der Waals surface area contributed by atoms with Crippen molar-refractivity contribution in [1.82, 2.24) is 4.98 Å². The number of ketones is 1. The SMILES string of the molecule is O=C(CN1C(=O)C(=O)c2cc(Br)ccc21)Nc1ccccn1. The second kappa shape index (κ2) is 5.69. The van der Waals surface area contributed by atoms with Gasteiger partial charge in [-0.25, -0.2) is 4.98 Å². The van der Waals surface area contributed by atoms with Crippen LogP contribution < -0.4 is 10.2 Å². The molecule has 2 amide bonds. The average Bonchev–Trinajstić information content (AvgIpc) is 2.73. The van der Waals surface area contributed by atoms with Gasteiger partial charge in [0.15, 0.2) is 0 Å². The Balaban J connectivity index is 1.80. The number of Topliss-reactive ketones (excluding diaryl/α,β-unsaturated/α-hetero) is 1. The van der Waals surface area contributed by atoms with Crippen LogP contribution in [0, 0.1) is 0 Å². The highest BCUT2D eigenvalue weighted by atomic mass is 79.9. The molecule has 0 saturated carbocycles. The van der Waals surface area contributed by atoms with Crippen LogP contribution in [0.2, 0.25) is 0 Å². The molecule has 0 atom stereocenters. The molecule has 0 unspecified atom stereocenters. The Morgan fingerprint density at radius 2 is 2.05 bits per heavy atom. The summed E-state index contributed by atoms with van der Waals surface area (Å²) < 4.78 is 0.701. The zero-order valence-corrected chi connectivity index (χ0v) is 12.8. The molecule has 2 aromatic rings. The first-order valence-corrected chi connectivity index (χ1v) is 7.22. The van der Waals surface area contributed by atoms with Crippen LogP contribution in [0.5, 0.6) is 0 Å². The first-order chi connectivity index (χ1) is 10.6. The molecule has 1 aliphatic heterocycles. The van der Waals surface area contributed by atoms with E-state index in [0.717, 1.165) is 0 Å². The van der Waals surface area contributed by atoms with E-state index in [1.54, 1.807) is 42.6 Å². The molecule has 1 aromatic heterocycles. The summed E-state index contributed by atoms with van der Waals surface area (Å²) in [6.45, 7) is -0.240. The number of nitrogens with one attached hydrogen (secondary N) is 1. The minimum Gasteiger partial charge on any atom is -0.309 e. The van der Waals surface area contributed by atoms with E-state index in [9.17, 15) is 14.4 Å². The van der Waals surface area contributed by atoms with Crippen molar-refractivity contribution in [1.29, 1.82) is 0 Å². The molecule has 2 heterocycles. The monoisotopic (exact) mass is 359 g/mol. The molecule has 0 bridgehead atoms. The van der Waals surface area contributed by atoms with Crippen LogP contribution in [-0.2, 0) is 9.59 Å². The van der Waals surface area contributed by atoms with Crippen LogP contribution >= 0.6 is 15.9 Å². The Morgan fingerprint density at radius 1 is 1.23 bits per heavy atom. The van der Waals surface area contributed by atoms with Gasteiger partial charge in [0.05, 0.1) is 11.3 Å². The number of hydrogen-bond acceptors (Lipinski definition) is 4.